The molecule has 2 aliphatic rings. The molecule has 0 N–H and O–H groups in total. The molecule has 0 atom stereocenters. The van der Waals surface area contributed by atoms with Gasteiger partial charge in [-0.3, -0.25) is 4.79 Å². The van der Waals surface area contributed by atoms with Crippen molar-refractivity contribution in [3.05, 3.63) is 0 Å². The zero-order valence-electron chi connectivity index (χ0n) is 13.8. The molecule has 2 saturated heterocycles. The lowest BCUT2D eigenvalue weighted by atomic mass is 9.96. The van der Waals surface area contributed by atoms with E-state index in [0.717, 1.165) is 32.6 Å². The molecule has 0 aromatic carbocycles. The van der Waals surface area contributed by atoms with Gasteiger partial charge < -0.3 is 9.80 Å². The third kappa shape index (κ3) is 4.43. The molecule has 7 heteroatoms. The Morgan fingerprint density at radius 2 is 1.64 bits per heavy atom. The van der Waals surface area contributed by atoms with Crippen LogP contribution >= 0.6 is 0 Å². The van der Waals surface area contributed by atoms with Crippen molar-refractivity contribution < 1.29 is 13.2 Å². The maximum atomic E-state index is 12.5. The Labute approximate surface area is 134 Å². The summed E-state index contributed by atoms with van der Waals surface area (Å²) in [4.78, 5) is 16.7. The summed E-state index contributed by atoms with van der Waals surface area (Å²) >= 11 is 0. The van der Waals surface area contributed by atoms with Crippen molar-refractivity contribution in [1.29, 1.82) is 0 Å². The average Bonchev–Trinajstić information content (AvgIpc) is 2.53. The van der Waals surface area contributed by atoms with Crippen LogP contribution in [-0.4, -0.2) is 80.5 Å². The van der Waals surface area contributed by atoms with Gasteiger partial charge in [-0.25, -0.2) is 12.7 Å². The van der Waals surface area contributed by atoms with Crippen LogP contribution in [-0.2, 0) is 14.8 Å². The number of piperidine rings is 1. The van der Waals surface area contributed by atoms with E-state index in [-0.39, 0.29) is 17.6 Å². The molecule has 0 unspecified atom stereocenters. The van der Waals surface area contributed by atoms with Crippen LogP contribution in [0.5, 0.6) is 0 Å². The first-order valence-corrected chi connectivity index (χ1v) is 10.00. The molecule has 0 aromatic heterocycles. The highest BCUT2D eigenvalue weighted by atomic mass is 32.2. The van der Waals surface area contributed by atoms with E-state index in [4.69, 9.17) is 0 Å². The number of carbonyl (C=O) groups is 1. The molecule has 6 nitrogen and oxygen atoms in total. The molecular formula is C15H29N3O3S. The minimum atomic E-state index is -3.12. The molecule has 0 radical (unpaired) electrons. The summed E-state index contributed by atoms with van der Waals surface area (Å²) in [6.45, 7) is 6.43. The first-order chi connectivity index (χ1) is 10.4. The van der Waals surface area contributed by atoms with E-state index in [0.29, 0.717) is 32.4 Å². The lowest BCUT2D eigenvalue weighted by molar-refractivity contribution is -0.138. The maximum Gasteiger partial charge on any atom is 0.225 e. The van der Waals surface area contributed by atoms with Gasteiger partial charge in [-0.1, -0.05) is 13.3 Å². The normalized spacial score (nSPS) is 22.9. The predicted molar refractivity (Wildman–Crippen MR) is 87.1 cm³/mol. The van der Waals surface area contributed by atoms with Gasteiger partial charge >= 0.3 is 0 Å². The summed E-state index contributed by atoms with van der Waals surface area (Å²) in [5, 5.41) is 0. The molecule has 2 fully saturated rings. The van der Waals surface area contributed by atoms with Gasteiger partial charge in [0.05, 0.1) is 5.75 Å². The fourth-order valence-corrected chi connectivity index (χ4v) is 4.80. The van der Waals surface area contributed by atoms with Gasteiger partial charge in [0.1, 0.15) is 0 Å². The van der Waals surface area contributed by atoms with E-state index in [9.17, 15) is 13.2 Å². The van der Waals surface area contributed by atoms with Gasteiger partial charge in [-0.2, -0.15) is 0 Å². The lowest BCUT2D eigenvalue weighted by Crippen LogP contribution is -2.51. The Hall–Kier alpha value is -0.660. The maximum absolute atomic E-state index is 12.5. The topological polar surface area (TPSA) is 60.9 Å². The number of hydrogen-bond donors (Lipinski definition) is 0. The van der Waals surface area contributed by atoms with Crippen LogP contribution in [0.4, 0.5) is 0 Å². The van der Waals surface area contributed by atoms with Gasteiger partial charge in [-0.05, 0) is 26.3 Å². The summed E-state index contributed by atoms with van der Waals surface area (Å²) in [5.74, 6) is 0.459. The van der Waals surface area contributed by atoms with Crippen molar-refractivity contribution in [3.63, 3.8) is 0 Å². The molecule has 2 aliphatic heterocycles. The average molecular weight is 331 g/mol. The molecule has 0 spiro atoms. The molecular weight excluding hydrogens is 302 g/mol. The Balaban J connectivity index is 1.83. The molecule has 2 heterocycles. The number of piperazine rings is 1. The van der Waals surface area contributed by atoms with Crippen molar-refractivity contribution >= 4 is 15.9 Å². The highest BCUT2D eigenvalue weighted by Gasteiger charge is 2.33. The van der Waals surface area contributed by atoms with Crippen LogP contribution in [0.2, 0.25) is 0 Å². The third-order valence-electron chi connectivity index (χ3n) is 4.77. The summed E-state index contributed by atoms with van der Waals surface area (Å²) in [5.41, 5.74) is 0. The summed E-state index contributed by atoms with van der Waals surface area (Å²) in [6, 6.07) is 0. The molecule has 2 rings (SSSR count). The quantitative estimate of drug-likeness (QED) is 0.740. The van der Waals surface area contributed by atoms with Crippen molar-refractivity contribution in [1.82, 2.24) is 14.1 Å². The van der Waals surface area contributed by atoms with Crippen LogP contribution in [0.3, 0.4) is 0 Å². The Morgan fingerprint density at radius 1 is 1.05 bits per heavy atom. The summed E-state index contributed by atoms with van der Waals surface area (Å²) < 4.78 is 25.9. The monoisotopic (exact) mass is 331 g/mol. The number of carbonyl (C=O) groups excluding carboxylic acids is 1. The highest BCUT2D eigenvalue weighted by molar-refractivity contribution is 7.89. The van der Waals surface area contributed by atoms with E-state index in [1.807, 2.05) is 11.8 Å². The Bertz CT molecular complexity index is 464. The van der Waals surface area contributed by atoms with E-state index in [1.54, 1.807) is 4.31 Å². The largest absolute Gasteiger partial charge is 0.340 e. The zero-order valence-corrected chi connectivity index (χ0v) is 14.6. The van der Waals surface area contributed by atoms with Crippen molar-refractivity contribution in [2.45, 2.75) is 32.6 Å². The van der Waals surface area contributed by atoms with E-state index >= 15 is 0 Å². The van der Waals surface area contributed by atoms with Gasteiger partial charge in [0.25, 0.3) is 0 Å². The number of likely N-dealkylation sites (N-methyl/N-ethyl adjacent to an activating group) is 1. The Morgan fingerprint density at radius 3 is 2.18 bits per heavy atom. The number of sulfonamides is 1. The smallest absolute Gasteiger partial charge is 0.225 e. The van der Waals surface area contributed by atoms with Crippen molar-refractivity contribution in [3.8, 4) is 0 Å². The van der Waals surface area contributed by atoms with Gasteiger partial charge in [0.2, 0.25) is 15.9 Å². The van der Waals surface area contributed by atoms with Crippen LogP contribution in [0.25, 0.3) is 0 Å². The minimum absolute atomic E-state index is 0.000955. The first-order valence-electron chi connectivity index (χ1n) is 8.39. The van der Waals surface area contributed by atoms with E-state index < -0.39 is 10.0 Å². The van der Waals surface area contributed by atoms with E-state index in [1.165, 1.54) is 0 Å². The fourth-order valence-electron chi connectivity index (χ4n) is 3.12. The van der Waals surface area contributed by atoms with Crippen LogP contribution in [0, 0.1) is 5.92 Å². The molecule has 0 saturated carbocycles. The summed E-state index contributed by atoms with van der Waals surface area (Å²) in [6.07, 6.45) is 2.92. The number of hydrogen-bond acceptors (Lipinski definition) is 4. The summed E-state index contributed by atoms with van der Waals surface area (Å²) in [7, 11) is -1.05. The van der Waals surface area contributed by atoms with Crippen LogP contribution in [0.15, 0.2) is 0 Å². The second-order valence-electron chi connectivity index (χ2n) is 6.47. The minimum Gasteiger partial charge on any atom is -0.340 e. The molecule has 0 aliphatic carbocycles. The number of amides is 1. The van der Waals surface area contributed by atoms with Crippen molar-refractivity contribution in [2.75, 3.05) is 52.1 Å². The second kappa shape index (κ2) is 7.75. The number of unbranched alkanes of at least 4 members (excludes halogenated alkanes) is 1. The lowest BCUT2D eigenvalue weighted by Gasteiger charge is -2.37. The SMILES string of the molecule is CCCCS(=O)(=O)N1CCC(C(=O)N2CCN(C)CC2)CC1. The Kier molecular flexibility index (Phi) is 6.23. The number of rotatable bonds is 5. The van der Waals surface area contributed by atoms with Gasteiger partial charge in [0.15, 0.2) is 0 Å². The second-order valence-corrected chi connectivity index (χ2v) is 8.56. The van der Waals surface area contributed by atoms with E-state index in [2.05, 4.69) is 11.9 Å². The molecule has 22 heavy (non-hydrogen) atoms. The van der Waals surface area contributed by atoms with Crippen LogP contribution in [0.1, 0.15) is 32.6 Å². The van der Waals surface area contributed by atoms with Gasteiger partial charge in [0, 0.05) is 45.2 Å². The third-order valence-corrected chi connectivity index (χ3v) is 6.72. The highest BCUT2D eigenvalue weighted by Crippen LogP contribution is 2.22. The molecule has 1 amide bonds. The van der Waals surface area contributed by atoms with Gasteiger partial charge in [-0.15, -0.1) is 0 Å². The van der Waals surface area contributed by atoms with Crippen molar-refractivity contribution in [2.24, 2.45) is 5.92 Å². The molecule has 0 aromatic rings. The number of nitrogens with zero attached hydrogens (tertiary/aromatic N) is 3. The fraction of sp³-hybridized carbons (Fsp3) is 0.933. The zero-order chi connectivity index (χ0) is 16.2. The first kappa shape index (κ1) is 17.7. The predicted octanol–water partition coefficient (Wildman–Crippen LogP) is 0.602. The molecule has 128 valence electrons. The molecule has 0 bridgehead atoms. The standard InChI is InChI=1S/C15H29N3O3S/c1-3-4-13-22(20,21)18-7-5-14(6-8-18)15(19)17-11-9-16(2)10-12-17/h14H,3-13H2,1-2H3. The van der Waals surface area contributed by atoms with Crippen LogP contribution < -0.4 is 0 Å².